The Morgan fingerprint density at radius 3 is 2.27 bits per heavy atom. The second-order valence-electron chi connectivity index (χ2n) is 3.41. The smallest absolute Gasteiger partial charge is 0.255 e. The number of hydrogen-bond donors (Lipinski definition) is 1. The molecule has 1 atom stereocenters. The van der Waals surface area contributed by atoms with E-state index in [9.17, 15) is 9.90 Å². The van der Waals surface area contributed by atoms with Gasteiger partial charge in [-0.25, -0.2) is 0 Å². The summed E-state index contributed by atoms with van der Waals surface area (Å²) in [5, 5.41) is 9.69. The molecule has 1 N–H and O–H groups in total. The van der Waals surface area contributed by atoms with Gasteiger partial charge in [0.2, 0.25) is 0 Å². The fourth-order valence-electron chi connectivity index (χ4n) is 1.17. The Labute approximate surface area is 89.1 Å². The summed E-state index contributed by atoms with van der Waals surface area (Å²) in [6, 6.07) is 6.76. The molecule has 0 fully saturated rings. The molecular weight excluding hydrogens is 194 g/mol. The molecular formula is C11H15NO3. The van der Waals surface area contributed by atoms with Crippen LogP contribution >= 0.6 is 0 Å². The Bertz CT molecular complexity index is 332. The summed E-state index contributed by atoms with van der Waals surface area (Å²) in [6.45, 7) is 0. The molecule has 1 aromatic carbocycles. The van der Waals surface area contributed by atoms with Crippen LogP contribution in [0.25, 0.3) is 0 Å². The molecule has 4 nitrogen and oxygen atoms in total. The molecule has 82 valence electrons. The van der Waals surface area contributed by atoms with E-state index in [2.05, 4.69) is 0 Å². The van der Waals surface area contributed by atoms with Crippen molar-refractivity contribution < 1.29 is 14.6 Å². The predicted molar refractivity (Wildman–Crippen MR) is 56.6 cm³/mol. The first kappa shape index (κ1) is 11.5. The lowest BCUT2D eigenvalue weighted by molar-refractivity contribution is -0.137. The molecule has 1 unspecified atom stereocenters. The van der Waals surface area contributed by atoms with E-state index in [1.54, 1.807) is 45.5 Å². The lowest BCUT2D eigenvalue weighted by Crippen LogP contribution is -2.27. The van der Waals surface area contributed by atoms with Gasteiger partial charge in [-0.3, -0.25) is 4.79 Å². The second kappa shape index (κ2) is 4.79. The third-order valence-corrected chi connectivity index (χ3v) is 2.11. The summed E-state index contributed by atoms with van der Waals surface area (Å²) in [6.07, 6.45) is -1.11. The fraction of sp³-hybridized carbons (Fsp3) is 0.364. The Hall–Kier alpha value is -1.55. The van der Waals surface area contributed by atoms with Crippen molar-refractivity contribution in [1.29, 1.82) is 0 Å². The number of aliphatic hydroxyl groups excluding tert-OH is 1. The minimum atomic E-state index is -1.11. The first-order chi connectivity index (χ1) is 7.06. The van der Waals surface area contributed by atoms with Gasteiger partial charge in [-0.2, -0.15) is 0 Å². The van der Waals surface area contributed by atoms with Crippen molar-refractivity contribution in [2.45, 2.75) is 6.10 Å². The Morgan fingerprint density at radius 2 is 1.87 bits per heavy atom. The predicted octanol–water partition coefficient (Wildman–Crippen LogP) is 0.817. The Balaban J connectivity index is 2.82. The molecule has 4 heteroatoms. The van der Waals surface area contributed by atoms with Gasteiger partial charge in [-0.05, 0) is 17.7 Å². The highest BCUT2D eigenvalue weighted by Crippen LogP contribution is 2.18. The van der Waals surface area contributed by atoms with E-state index in [1.807, 2.05) is 0 Å². The van der Waals surface area contributed by atoms with Gasteiger partial charge in [0, 0.05) is 14.1 Å². The summed E-state index contributed by atoms with van der Waals surface area (Å²) in [7, 11) is 4.78. The molecule has 0 aliphatic rings. The van der Waals surface area contributed by atoms with Crippen molar-refractivity contribution in [3.8, 4) is 5.75 Å². The standard InChI is InChI=1S/C11H15NO3/c1-12(2)11(14)10(13)8-4-6-9(15-3)7-5-8/h4-7,10,13H,1-3H3. The van der Waals surface area contributed by atoms with E-state index < -0.39 is 6.10 Å². The number of methoxy groups -OCH3 is 1. The molecule has 0 aromatic heterocycles. The van der Waals surface area contributed by atoms with E-state index in [1.165, 1.54) is 4.90 Å². The average Bonchev–Trinajstić information content (AvgIpc) is 2.27. The highest BCUT2D eigenvalue weighted by Gasteiger charge is 2.18. The minimum absolute atomic E-state index is 0.333. The minimum Gasteiger partial charge on any atom is -0.497 e. The largest absolute Gasteiger partial charge is 0.497 e. The molecule has 0 saturated carbocycles. The lowest BCUT2D eigenvalue weighted by atomic mass is 10.1. The summed E-state index contributed by atoms with van der Waals surface area (Å²) >= 11 is 0. The zero-order valence-electron chi connectivity index (χ0n) is 9.10. The number of carbonyl (C=O) groups excluding carboxylic acids is 1. The van der Waals surface area contributed by atoms with Crippen molar-refractivity contribution in [1.82, 2.24) is 4.90 Å². The summed E-state index contributed by atoms with van der Waals surface area (Å²) in [5.74, 6) is 0.364. The number of ether oxygens (including phenoxy) is 1. The summed E-state index contributed by atoms with van der Waals surface area (Å²) < 4.78 is 4.98. The van der Waals surface area contributed by atoms with Crippen LogP contribution in [0.2, 0.25) is 0 Å². The number of hydrogen-bond acceptors (Lipinski definition) is 3. The van der Waals surface area contributed by atoms with Crippen molar-refractivity contribution in [2.24, 2.45) is 0 Å². The van der Waals surface area contributed by atoms with Crippen LogP contribution in [0.3, 0.4) is 0 Å². The van der Waals surface area contributed by atoms with E-state index in [0.717, 1.165) is 0 Å². The van der Waals surface area contributed by atoms with E-state index in [0.29, 0.717) is 11.3 Å². The average molecular weight is 209 g/mol. The van der Waals surface area contributed by atoms with Crippen molar-refractivity contribution >= 4 is 5.91 Å². The molecule has 0 heterocycles. The van der Waals surface area contributed by atoms with Gasteiger partial charge in [0.05, 0.1) is 7.11 Å². The third kappa shape index (κ3) is 2.70. The third-order valence-electron chi connectivity index (χ3n) is 2.11. The normalized spacial score (nSPS) is 12.0. The van der Waals surface area contributed by atoms with Crippen LogP contribution in [0.4, 0.5) is 0 Å². The maximum absolute atomic E-state index is 11.4. The second-order valence-corrected chi connectivity index (χ2v) is 3.41. The Kier molecular flexibility index (Phi) is 3.68. The lowest BCUT2D eigenvalue weighted by Gasteiger charge is -2.16. The van der Waals surface area contributed by atoms with Gasteiger partial charge >= 0.3 is 0 Å². The van der Waals surface area contributed by atoms with Gasteiger partial charge in [-0.15, -0.1) is 0 Å². The van der Waals surface area contributed by atoms with Crippen molar-refractivity contribution in [2.75, 3.05) is 21.2 Å². The zero-order valence-corrected chi connectivity index (χ0v) is 9.10. The number of benzene rings is 1. The Morgan fingerprint density at radius 1 is 1.33 bits per heavy atom. The maximum Gasteiger partial charge on any atom is 0.255 e. The molecule has 1 amide bonds. The monoisotopic (exact) mass is 209 g/mol. The van der Waals surface area contributed by atoms with Gasteiger partial charge in [0.15, 0.2) is 6.10 Å². The number of nitrogens with zero attached hydrogens (tertiary/aromatic N) is 1. The molecule has 0 saturated heterocycles. The summed E-state index contributed by atoms with van der Waals surface area (Å²) in [4.78, 5) is 12.8. The topological polar surface area (TPSA) is 49.8 Å². The molecule has 0 aliphatic heterocycles. The molecule has 0 bridgehead atoms. The van der Waals surface area contributed by atoms with E-state index in [-0.39, 0.29) is 5.91 Å². The van der Waals surface area contributed by atoms with Gasteiger partial charge < -0.3 is 14.7 Å². The first-order valence-electron chi connectivity index (χ1n) is 4.59. The van der Waals surface area contributed by atoms with E-state index >= 15 is 0 Å². The number of likely N-dealkylation sites (N-methyl/N-ethyl adjacent to an activating group) is 1. The van der Waals surface area contributed by atoms with E-state index in [4.69, 9.17) is 4.74 Å². The van der Waals surface area contributed by atoms with Crippen LogP contribution in [-0.4, -0.2) is 37.1 Å². The van der Waals surface area contributed by atoms with Gasteiger partial charge in [-0.1, -0.05) is 12.1 Å². The SMILES string of the molecule is COc1ccc(C(O)C(=O)N(C)C)cc1. The molecule has 0 radical (unpaired) electrons. The van der Waals surface area contributed by atoms with Crippen molar-refractivity contribution in [3.63, 3.8) is 0 Å². The molecule has 0 aliphatic carbocycles. The number of aliphatic hydroxyl groups is 1. The molecule has 15 heavy (non-hydrogen) atoms. The van der Waals surface area contributed by atoms with Crippen LogP contribution in [0.1, 0.15) is 11.7 Å². The maximum atomic E-state index is 11.4. The number of carbonyl (C=O) groups is 1. The van der Waals surface area contributed by atoms with Gasteiger partial charge in [0.25, 0.3) is 5.91 Å². The fourth-order valence-corrected chi connectivity index (χ4v) is 1.17. The van der Waals surface area contributed by atoms with Gasteiger partial charge in [0.1, 0.15) is 5.75 Å². The van der Waals surface area contributed by atoms with Crippen LogP contribution in [-0.2, 0) is 4.79 Å². The highest BCUT2D eigenvalue weighted by molar-refractivity contribution is 5.81. The molecule has 1 rings (SSSR count). The van der Waals surface area contributed by atoms with Crippen LogP contribution in [0.5, 0.6) is 5.75 Å². The van der Waals surface area contributed by atoms with Crippen molar-refractivity contribution in [3.05, 3.63) is 29.8 Å². The van der Waals surface area contributed by atoms with Crippen LogP contribution in [0.15, 0.2) is 24.3 Å². The first-order valence-corrected chi connectivity index (χ1v) is 4.59. The number of rotatable bonds is 3. The number of amides is 1. The quantitative estimate of drug-likeness (QED) is 0.801. The summed E-state index contributed by atoms with van der Waals surface area (Å²) in [5.41, 5.74) is 0.564. The highest BCUT2D eigenvalue weighted by atomic mass is 16.5. The molecule has 1 aromatic rings. The van der Waals surface area contributed by atoms with Crippen LogP contribution in [0, 0.1) is 0 Å². The molecule has 0 spiro atoms. The zero-order chi connectivity index (χ0) is 11.4. The van der Waals surface area contributed by atoms with Crippen LogP contribution < -0.4 is 4.74 Å².